The minimum absolute atomic E-state index is 0.0386. The van der Waals surface area contributed by atoms with Crippen LogP contribution in [0.5, 0.6) is 0 Å². The van der Waals surface area contributed by atoms with Gasteiger partial charge in [0.05, 0.1) is 0 Å². The number of sulfone groups is 1. The lowest BCUT2D eigenvalue weighted by atomic mass is 9.87. The summed E-state index contributed by atoms with van der Waals surface area (Å²) in [5, 5.41) is 3.51. The van der Waals surface area contributed by atoms with E-state index in [0.29, 0.717) is 44.6 Å². The topological polar surface area (TPSA) is 75.7 Å². The number of allylic oxidation sites excluding steroid dienone is 1. The molecule has 0 aromatic rings. The summed E-state index contributed by atoms with van der Waals surface area (Å²) in [4.78, 5) is 15.1. The van der Waals surface area contributed by atoms with Gasteiger partial charge in [0.25, 0.3) is 0 Å². The lowest BCUT2D eigenvalue weighted by molar-refractivity contribution is -0.133. The number of hydrogen-bond donors (Lipinski definition) is 1. The first-order valence-corrected chi connectivity index (χ1v) is 13.2. The van der Waals surface area contributed by atoms with E-state index in [-0.39, 0.29) is 37.9 Å². The van der Waals surface area contributed by atoms with Crippen LogP contribution < -0.4 is 5.32 Å². The molecule has 0 bridgehead atoms. The molecule has 1 amide bonds. The maximum Gasteiger partial charge on any atom is 0.412 e. The zero-order valence-electron chi connectivity index (χ0n) is 18.3. The normalized spacial score (nSPS) is 30.3. The molecule has 4 aliphatic rings. The lowest BCUT2D eigenvalue weighted by Gasteiger charge is -2.38. The molecule has 2 aliphatic carbocycles. The van der Waals surface area contributed by atoms with E-state index in [2.05, 4.69) is 5.32 Å². The van der Waals surface area contributed by atoms with Gasteiger partial charge >= 0.3 is 6.18 Å². The number of nitrogens with one attached hydrogen (secondary N) is 1. The van der Waals surface area contributed by atoms with Crippen molar-refractivity contribution in [3.05, 3.63) is 22.8 Å². The Bertz CT molecular complexity index is 922. The molecular weight excluding hydrogens is 445 g/mol. The zero-order valence-corrected chi connectivity index (χ0v) is 19.2. The van der Waals surface area contributed by atoms with Crippen molar-refractivity contribution in [3.63, 3.8) is 0 Å². The highest BCUT2D eigenvalue weighted by Crippen LogP contribution is 2.42. The van der Waals surface area contributed by atoms with Gasteiger partial charge in [0.2, 0.25) is 5.91 Å². The van der Waals surface area contributed by atoms with Gasteiger partial charge in [-0.2, -0.15) is 13.2 Å². The van der Waals surface area contributed by atoms with Crippen molar-refractivity contribution >= 4 is 15.7 Å². The van der Waals surface area contributed by atoms with Crippen LogP contribution in [0.15, 0.2) is 22.8 Å². The van der Waals surface area contributed by atoms with Crippen LogP contribution in [0.1, 0.15) is 51.4 Å². The molecule has 6 nitrogen and oxygen atoms in total. The molecule has 1 saturated heterocycles. The first-order valence-electron chi connectivity index (χ1n) is 11.3. The Morgan fingerprint density at radius 3 is 2.53 bits per heavy atom. The number of halogens is 3. The molecule has 2 fully saturated rings. The van der Waals surface area contributed by atoms with Crippen molar-refractivity contribution in [2.75, 3.05) is 32.6 Å². The van der Waals surface area contributed by atoms with Crippen LogP contribution in [0, 0.1) is 0 Å². The zero-order chi connectivity index (χ0) is 23.1. The molecule has 180 valence electrons. The van der Waals surface area contributed by atoms with Crippen molar-refractivity contribution in [1.29, 1.82) is 0 Å². The second kappa shape index (κ2) is 8.76. The molecule has 2 aliphatic heterocycles. The molecule has 1 saturated carbocycles. The van der Waals surface area contributed by atoms with E-state index in [4.69, 9.17) is 4.74 Å². The number of rotatable bonds is 4. The van der Waals surface area contributed by atoms with Gasteiger partial charge in [-0.25, -0.2) is 8.42 Å². The molecule has 0 aromatic carbocycles. The fourth-order valence-electron chi connectivity index (χ4n) is 5.55. The van der Waals surface area contributed by atoms with E-state index in [9.17, 15) is 26.4 Å². The lowest BCUT2D eigenvalue weighted by Crippen LogP contribution is -2.54. The van der Waals surface area contributed by atoms with Crippen molar-refractivity contribution < 1.29 is 31.1 Å². The van der Waals surface area contributed by atoms with E-state index < -0.39 is 32.2 Å². The van der Waals surface area contributed by atoms with Crippen molar-refractivity contribution in [3.8, 4) is 0 Å². The Morgan fingerprint density at radius 2 is 1.88 bits per heavy atom. The molecule has 0 radical (unpaired) electrons. The molecule has 10 heteroatoms. The second-order valence-electron chi connectivity index (χ2n) is 9.53. The minimum atomic E-state index is -4.38. The number of ether oxygens (including phenoxy) is 1. The summed E-state index contributed by atoms with van der Waals surface area (Å²) in [5.41, 5.74) is 0.882. The van der Waals surface area contributed by atoms with Crippen LogP contribution in [0.3, 0.4) is 0 Å². The van der Waals surface area contributed by atoms with Gasteiger partial charge in [-0.15, -0.1) is 0 Å². The maximum absolute atomic E-state index is 13.6. The molecule has 32 heavy (non-hydrogen) atoms. The summed E-state index contributed by atoms with van der Waals surface area (Å²) >= 11 is 0. The van der Waals surface area contributed by atoms with Crippen molar-refractivity contribution in [2.45, 2.75) is 74.4 Å². The number of nitrogens with zero attached hydrogens (tertiary/aromatic N) is 1. The maximum atomic E-state index is 13.6. The van der Waals surface area contributed by atoms with Gasteiger partial charge in [0.1, 0.15) is 0 Å². The fourth-order valence-corrected chi connectivity index (χ4v) is 6.99. The molecule has 2 unspecified atom stereocenters. The predicted molar refractivity (Wildman–Crippen MR) is 114 cm³/mol. The van der Waals surface area contributed by atoms with E-state index in [1.165, 1.54) is 4.90 Å². The molecule has 1 N–H and O–H groups in total. The van der Waals surface area contributed by atoms with Gasteiger partial charge in [-0.05, 0) is 63.0 Å². The summed E-state index contributed by atoms with van der Waals surface area (Å²) in [6.45, 7) is 1.73. The molecule has 2 atom stereocenters. The Hall–Kier alpha value is -1.39. The van der Waals surface area contributed by atoms with Crippen LogP contribution in [0.2, 0.25) is 0 Å². The first kappa shape index (κ1) is 23.8. The van der Waals surface area contributed by atoms with Gasteiger partial charge in [-0.3, -0.25) is 4.79 Å². The van der Waals surface area contributed by atoms with Gasteiger partial charge in [0, 0.05) is 50.2 Å². The monoisotopic (exact) mass is 476 g/mol. The SMILES string of the molecule is CS(=O)(=O)C1(C(=O)N2CCC3=C(C=C(C(F)(F)F)CC3)C2)CCC(NC2CCOCC2)C1. The summed E-state index contributed by atoms with van der Waals surface area (Å²) in [5.74, 6) is -0.463. The van der Waals surface area contributed by atoms with Crippen molar-refractivity contribution in [2.24, 2.45) is 0 Å². The summed E-state index contributed by atoms with van der Waals surface area (Å²) in [7, 11) is -3.72. The Morgan fingerprint density at radius 1 is 1.16 bits per heavy atom. The predicted octanol–water partition coefficient (Wildman–Crippen LogP) is 2.90. The standard InChI is InChI=1S/C22H31F3N2O4S/c1-32(29,30)21(8-4-19(13-21)26-18-6-10-31-11-7-18)20(28)27-9-5-15-2-3-17(22(23,24)25)12-16(15)14-27/h12,18-19,26H,2-11,13-14H2,1H3. The summed E-state index contributed by atoms with van der Waals surface area (Å²) in [6, 6.07) is 0.165. The Kier molecular flexibility index (Phi) is 6.50. The van der Waals surface area contributed by atoms with Crippen molar-refractivity contribution in [1.82, 2.24) is 10.2 Å². The van der Waals surface area contributed by atoms with E-state index >= 15 is 0 Å². The molecule has 0 aromatic heterocycles. The van der Waals surface area contributed by atoms with Crippen LogP contribution in [0.4, 0.5) is 13.2 Å². The number of hydrogen-bond acceptors (Lipinski definition) is 5. The quantitative estimate of drug-likeness (QED) is 0.675. The highest BCUT2D eigenvalue weighted by Gasteiger charge is 2.55. The number of carbonyl (C=O) groups is 1. The highest BCUT2D eigenvalue weighted by molar-refractivity contribution is 7.92. The number of carbonyl (C=O) groups excluding carboxylic acids is 1. The number of amides is 1. The molecular formula is C22H31F3N2O4S. The third-order valence-electron chi connectivity index (χ3n) is 7.46. The largest absolute Gasteiger partial charge is 0.412 e. The van der Waals surface area contributed by atoms with Crippen LogP contribution in [-0.4, -0.2) is 74.8 Å². The van der Waals surface area contributed by atoms with Crippen LogP contribution >= 0.6 is 0 Å². The van der Waals surface area contributed by atoms with Crippen LogP contribution in [0.25, 0.3) is 0 Å². The van der Waals surface area contributed by atoms with E-state index in [0.717, 1.165) is 30.7 Å². The van der Waals surface area contributed by atoms with Gasteiger partial charge in [-0.1, -0.05) is 5.57 Å². The average Bonchev–Trinajstić information content (AvgIpc) is 3.17. The van der Waals surface area contributed by atoms with E-state index in [1.54, 1.807) is 0 Å². The molecule has 0 spiro atoms. The molecule has 2 heterocycles. The molecule has 4 rings (SSSR count). The van der Waals surface area contributed by atoms with Gasteiger partial charge < -0.3 is 15.0 Å². The van der Waals surface area contributed by atoms with Gasteiger partial charge in [0.15, 0.2) is 14.6 Å². The Labute approximate surface area is 187 Å². The number of alkyl halides is 3. The average molecular weight is 477 g/mol. The smallest absolute Gasteiger partial charge is 0.381 e. The fraction of sp³-hybridized carbons (Fsp3) is 0.773. The summed E-state index contributed by atoms with van der Waals surface area (Å²) in [6.07, 6.45) is 1.41. The minimum Gasteiger partial charge on any atom is -0.381 e. The van der Waals surface area contributed by atoms with E-state index in [1.807, 2.05) is 0 Å². The second-order valence-corrected chi connectivity index (χ2v) is 11.9. The van der Waals surface area contributed by atoms with Crippen LogP contribution in [-0.2, 0) is 19.4 Å². The third kappa shape index (κ3) is 4.63. The summed E-state index contributed by atoms with van der Waals surface area (Å²) < 4.78 is 69.2. The third-order valence-corrected chi connectivity index (χ3v) is 9.42. The highest BCUT2D eigenvalue weighted by atomic mass is 32.2. The Balaban J connectivity index is 1.51. The first-order chi connectivity index (χ1) is 15.0.